The zero-order valence-corrected chi connectivity index (χ0v) is 11.8. The largest absolute Gasteiger partial charge is 0.451 e. The van der Waals surface area contributed by atoms with Crippen LogP contribution in [-0.2, 0) is 16.0 Å². The maximum atomic E-state index is 11.6. The molecule has 0 aliphatic carbocycles. The van der Waals surface area contributed by atoms with Crippen molar-refractivity contribution >= 4 is 23.2 Å². The van der Waals surface area contributed by atoms with Gasteiger partial charge in [0.25, 0.3) is 5.91 Å². The second-order valence-corrected chi connectivity index (χ2v) is 5.27. The third kappa shape index (κ3) is 3.89. The van der Waals surface area contributed by atoms with E-state index in [0.717, 1.165) is 10.6 Å². The van der Waals surface area contributed by atoms with Gasteiger partial charge in [-0.2, -0.15) is 0 Å². The van der Waals surface area contributed by atoms with Crippen molar-refractivity contribution in [2.45, 2.75) is 13.3 Å². The standard InChI is InChI=1S/C14H14N2O3S/c1-9-2-4-10(5-3-9)6-13-16-11(8-20-13)14(18)19-7-12(15)17/h2-5,8H,6-7H2,1H3,(H2,15,17). The lowest BCUT2D eigenvalue weighted by molar-refractivity contribution is -0.121. The minimum atomic E-state index is -0.687. The molecule has 2 aromatic rings. The molecule has 104 valence electrons. The summed E-state index contributed by atoms with van der Waals surface area (Å²) in [6.07, 6.45) is 0.661. The molecule has 20 heavy (non-hydrogen) atoms. The topological polar surface area (TPSA) is 82.3 Å². The van der Waals surface area contributed by atoms with Gasteiger partial charge in [0.15, 0.2) is 12.3 Å². The lowest BCUT2D eigenvalue weighted by Crippen LogP contribution is -2.21. The van der Waals surface area contributed by atoms with Gasteiger partial charge in [0.2, 0.25) is 0 Å². The van der Waals surface area contributed by atoms with Crippen molar-refractivity contribution in [2.24, 2.45) is 5.73 Å². The molecule has 0 unspecified atom stereocenters. The van der Waals surface area contributed by atoms with Crippen molar-refractivity contribution in [1.82, 2.24) is 4.98 Å². The number of ether oxygens (including phenoxy) is 1. The molecule has 0 spiro atoms. The number of thiazole rings is 1. The Labute approximate surface area is 120 Å². The molecule has 0 radical (unpaired) electrons. The zero-order chi connectivity index (χ0) is 14.5. The van der Waals surface area contributed by atoms with E-state index in [1.165, 1.54) is 16.9 Å². The number of benzene rings is 1. The Morgan fingerprint density at radius 3 is 2.65 bits per heavy atom. The van der Waals surface area contributed by atoms with Crippen LogP contribution in [0.4, 0.5) is 0 Å². The number of hydrogen-bond acceptors (Lipinski definition) is 5. The highest BCUT2D eigenvalue weighted by molar-refractivity contribution is 7.09. The quantitative estimate of drug-likeness (QED) is 0.849. The number of rotatable bonds is 5. The summed E-state index contributed by atoms with van der Waals surface area (Å²) in [6, 6.07) is 8.12. The third-order valence-electron chi connectivity index (χ3n) is 2.58. The smallest absolute Gasteiger partial charge is 0.358 e. The average molecular weight is 290 g/mol. The summed E-state index contributed by atoms with van der Waals surface area (Å²) < 4.78 is 4.70. The summed E-state index contributed by atoms with van der Waals surface area (Å²) in [6.45, 7) is 1.60. The van der Waals surface area contributed by atoms with Crippen LogP contribution in [-0.4, -0.2) is 23.5 Å². The van der Waals surface area contributed by atoms with Crippen molar-refractivity contribution in [2.75, 3.05) is 6.61 Å². The number of carbonyl (C=O) groups is 2. The van der Waals surface area contributed by atoms with Gasteiger partial charge in [-0.3, -0.25) is 4.79 Å². The fraction of sp³-hybridized carbons (Fsp3) is 0.214. The first-order valence-corrected chi connectivity index (χ1v) is 6.88. The molecule has 2 rings (SSSR count). The molecular weight excluding hydrogens is 276 g/mol. The van der Waals surface area contributed by atoms with Crippen molar-refractivity contribution in [1.29, 1.82) is 0 Å². The summed E-state index contributed by atoms with van der Waals surface area (Å²) in [5, 5.41) is 2.44. The number of carbonyl (C=O) groups excluding carboxylic acids is 2. The first-order chi connectivity index (χ1) is 9.54. The van der Waals surface area contributed by atoms with Crippen molar-refractivity contribution in [3.8, 4) is 0 Å². The SMILES string of the molecule is Cc1ccc(Cc2nc(C(=O)OCC(N)=O)cs2)cc1. The van der Waals surface area contributed by atoms with Crippen molar-refractivity contribution in [3.05, 3.63) is 51.5 Å². The summed E-state index contributed by atoms with van der Waals surface area (Å²) in [5.74, 6) is -1.32. The molecule has 0 fully saturated rings. The number of esters is 1. The molecule has 0 atom stereocenters. The average Bonchev–Trinajstić information content (AvgIpc) is 2.87. The van der Waals surface area contributed by atoms with Gasteiger partial charge < -0.3 is 10.5 Å². The van der Waals surface area contributed by atoms with Gasteiger partial charge in [0, 0.05) is 11.8 Å². The number of nitrogens with zero attached hydrogens (tertiary/aromatic N) is 1. The second kappa shape index (κ2) is 6.29. The number of primary amides is 1. The Bertz CT molecular complexity index is 620. The molecule has 0 saturated carbocycles. The van der Waals surface area contributed by atoms with E-state index in [-0.39, 0.29) is 5.69 Å². The Kier molecular flexibility index (Phi) is 4.47. The molecule has 6 heteroatoms. The lowest BCUT2D eigenvalue weighted by atomic mass is 10.1. The number of nitrogens with two attached hydrogens (primary N) is 1. The predicted molar refractivity (Wildman–Crippen MR) is 75.6 cm³/mol. The monoisotopic (exact) mass is 290 g/mol. The van der Waals surface area contributed by atoms with E-state index in [4.69, 9.17) is 10.5 Å². The molecule has 0 saturated heterocycles. The highest BCUT2D eigenvalue weighted by Gasteiger charge is 2.13. The van der Waals surface area contributed by atoms with E-state index in [1.807, 2.05) is 31.2 Å². The molecule has 0 bridgehead atoms. The summed E-state index contributed by atoms with van der Waals surface area (Å²) in [7, 11) is 0. The summed E-state index contributed by atoms with van der Waals surface area (Å²) in [5.41, 5.74) is 7.44. The third-order valence-corrected chi connectivity index (χ3v) is 3.43. The van der Waals surface area contributed by atoms with Crippen LogP contribution in [0.15, 0.2) is 29.6 Å². The minimum Gasteiger partial charge on any atom is -0.451 e. The van der Waals surface area contributed by atoms with Crippen molar-refractivity contribution < 1.29 is 14.3 Å². The van der Waals surface area contributed by atoms with Gasteiger partial charge in [-0.1, -0.05) is 29.8 Å². The van der Waals surface area contributed by atoms with Crippen LogP contribution in [0.1, 0.15) is 26.6 Å². The summed E-state index contributed by atoms with van der Waals surface area (Å²) in [4.78, 5) is 26.3. The number of aromatic nitrogens is 1. The van der Waals surface area contributed by atoms with Gasteiger partial charge in [0.1, 0.15) is 0 Å². The molecule has 1 amide bonds. The van der Waals surface area contributed by atoms with E-state index < -0.39 is 18.5 Å². The number of amides is 1. The predicted octanol–water partition coefficient (Wildman–Crippen LogP) is 1.68. The molecule has 5 nitrogen and oxygen atoms in total. The van der Waals surface area contributed by atoms with Crippen LogP contribution in [0.5, 0.6) is 0 Å². The highest BCUT2D eigenvalue weighted by Crippen LogP contribution is 2.16. The van der Waals surface area contributed by atoms with Gasteiger partial charge in [-0.15, -0.1) is 11.3 Å². The molecule has 1 aromatic heterocycles. The maximum absolute atomic E-state index is 11.6. The Morgan fingerprint density at radius 1 is 1.30 bits per heavy atom. The van der Waals surface area contributed by atoms with E-state index >= 15 is 0 Å². The van der Waals surface area contributed by atoms with Crippen LogP contribution in [0.3, 0.4) is 0 Å². The Morgan fingerprint density at radius 2 is 2.00 bits per heavy atom. The van der Waals surface area contributed by atoms with Crippen LogP contribution in [0, 0.1) is 6.92 Å². The van der Waals surface area contributed by atoms with Crippen LogP contribution >= 0.6 is 11.3 Å². The Balaban J connectivity index is 1.99. The maximum Gasteiger partial charge on any atom is 0.358 e. The van der Waals surface area contributed by atoms with Crippen LogP contribution in [0.25, 0.3) is 0 Å². The van der Waals surface area contributed by atoms with Gasteiger partial charge in [0.05, 0.1) is 5.01 Å². The number of hydrogen-bond donors (Lipinski definition) is 1. The van der Waals surface area contributed by atoms with Gasteiger partial charge in [-0.25, -0.2) is 9.78 Å². The molecule has 0 aliphatic rings. The van der Waals surface area contributed by atoms with Gasteiger partial charge in [-0.05, 0) is 12.5 Å². The minimum absolute atomic E-state index is 0.207. The lowest BCUT2D eigenvalue weighted by Gasteiger charge is -1.99. The first kappa shape index (κ1) is 14.2. The van der Waals surface area contributed by atoms with E-state index in [2.05, 4.69) is 4.98 Å². The van der Waals surface area contributed by atoms with Crippen LogP contribution in [0.2, 0.25) is 0 Å². The Hall–Kier alpha value is -2.21. The highest BCUT2D eigenvalue weighted by atomic mass is 32.1. The molecular formula is C14H14N2O3S. The van der Waals surface area contributed by atoms with Crippen LogP contribution < -0.4 is 5.73 Å². The fourth-order valence-electron chi connectivity index (χ4n) is 1.58. The molecule has 0 aliphatic heterocycles. The first-order valence-electron chi connectivity index (χ1n) is 6.00. The fourth-order valence-corrected chi connectivity index (χ4v) is 2.37. The molecule has 2 N–H and O–H groups in total. The van der Waals surface area contributed by atoms with Crippen molar-refractivity contribution in [3.63, 3.8) is 0 Å². The zero-order valence-electron chi connectivity index (χ0n) is 11.0. The summed E-state index contributed by atoms with van der Waals surface area (Å²) >= 11 is 1.38. The molecule has 1 heterocycles. The van der Waals surface area contributed by atoms with Gasteiger partial charge >= 0.3 is 5.97 Å². The normalized spacial score (nSPS) is 10.2. The van der Waals surface area contributed by atoms with E-state index in [0.29, 0.717) is 6.42 Å². The molecule has 1 aromatic carbocycles. The number of aryl methyl sites for hydroxylation is 1. The second-order valence-electron chi connectivity index (χ2n) is 4.33. The van der Waals surface area contributed by atoms with E-state index in [9.17, 15) is 9.59 Å². The van der Waals surface area contributed by atoms with E-state index in [1.54, 1.807) is 5.38 Å².